The zero-order valence-electron chi connectivity index (χ0n) is 13.3. The lowest BCUT2D eigenvalue weighted by atomic mass is 10.2. The molecule has 0 fully saturated rings. The quantitative estimate of drug-likeness (QED) is 0.748. The summed E-state index contributed by atoms with van der Waals surface area (Å²) >= 11 is 12.0. The highest BCUT2D eigenvalue weighted by molar-refractivity contribution is 7.92. The van der Waals surface area contributed by atoms with Crippen LogP contribution in [0.1, 0.15) is 15.9 Å². The second kappa shape index (κ2) is 6.79. The number of fused-ring (bicyclic) bond motifs is 1. The third-order valence-corrected chi connectivity index (χ3v) is 5.87. The number of ether oxygens (including phenoxy) is 1. The summed E-state index contributed by atoms with van der Waals surface area (Å²) in [7, 11) is -2.87. The van der Waals surface area contributed by atoms with E-state index in [9.17, 15) is 18.0 Å². The standard InChI is InChI=1S/C16H12Cl2N2O5S/c1-25-16(22)10-6-9(2-3-11(10)17)20-26(23,24)14-4-8-5-15(21)19-13(8)7-12(14)18/h2-4,6-7,20H,5H2,1H3,(H,19,21). The van der Waals surface area contributed by atoms with Crippen molar-refractivity contribution in [1.82, 2.24) is 0 Å². The van der Waals surface area contributed by atoms with Gasteiger partial charge in [0.05, 0.1) is 29.1 Å². The van der Waals surface area contributed by atoms with Crippen LogP contribution in [0.5, 0.6) is 0 Å². The zero-order valence-corrected chi connectivity index (χ0v) is 15.6. The smallest absolute Gasteiger partial charge is 0.339 e. The predicted octanol–water partition coefficient (Wildman–Crippen LogP) is 3.08. The van der Waals surface area contributed by atoms with Gasteiger partial charge in [-0.2, -0.15) is 0 Å². The first-order chi connectivity index (χ1) is 12.2. The fourth-order valence-electron chi connectivity index (χ4n) is 2.50. The Morgan fingerprint density at radius 3 is 2.62 bits per heavy atom. The molecule has 1 amide bonds. The van der Waals surface area contributed by atoms with Crippen molar-refractivity contribution < 1.29 is 22.7 Å². The van der Waals surface area contributed by atoms with E-state index in [1.54, 1.807) is 0 Å². The largest absolute Gasteiger partial charge is 0.465 e. The van der Waals surface area contributed by atoms with E-state index in [2.05, 4.69) is 14.8 Å². The van der Waals surface area contributed by atoms with Crippen LogP contribution in [0.2, 0.25) is 10.0 Å². The summed E-state index contributed by atoms with van der Waals surface area (Å²) < 4.78 is 32.3. The lowest BCUT2D eigenvalue weighted by Crippen LogP contribution is -2.14. The summed E-state index contributed by atoms with van der Waals surface area (Å²) in [5, 5.41) is 2.68. The fourth-order valence-corrected chi connectivity index (χ4v) is 4.32. The third kappa shape index (κ3) is 3.48. The Morgan fingerprint density at radius 2 is 1.92 bits per heavy atom. The van der Waals surface area contributed by atoms with Gasteiger partial charge in [0.25, 0.3) is 10.0 Å². The Bertz CT molecular complexity index is 1040. The molecule has 0 aromatic heterocycles. The van der Waals surface area contributed by atoms with E-state index in [-0.39, 0.29) is 38.5 Å². The van der Waals surface area contributed by atoms with Gasteiger partial charge in [-0.3, -0.25) is 9.52 Å². The first-order valence-electron chi connectivity index (χ1n) is 7.24. The highest BCUT2D eigenvalue weighted by Crippen LogP contribution is 2.33. The molecule has 1 aliphatic heterocycles. The van der Waals surface area contributed by atoms with Crippen molar-refractivity contribution in [2.45, 2.75) is 11.3 Å². The van der Waals surface area contributed by atoms with Crippen molar-refractivity contribution in [2.24, 2.45) is 0 Å². The van der Waals surface area contributed by atoms with Crippen molar-refractivity contribution in [1.29, 1.82) is 0 Å². The molecule has 136 valence electrons. The average Bonchev–Trinajstić information content (AvgIpc) is 2.93. The molecule has 2 aromatic rings. The summed E-state index contributed by atoms with van der Waals surface area (Å²) in [6, 6.07) is 6.77. The number of halogens is 2. The molecule has 3 rings (SSSR count). The number of sulfonamides is 1. The minimum atomic E-state index is -4.06. The van der Waals surface area contributed by atoms with E-state index in [1.807, 2.05) is 0 Å². The van der Waals surface area contributed by atoms with Gasteiger partial charge in [0.15, 0.2) is 0 Å². The number of esters is 1. The van der Waals surface area contributed by atoms with Crippen LogP contribution < -0.4 is 10.0 Å². The van der Waals surface area contributed by atoms with Gasteiger partial charge in [-0.1, -0.05) is 23.2 Å². The Morgan fingerprint density at radius 1 is 1.19 bits per heavy atom. The van der Waals surface area contributed by atoms with Gasteiger partial charge in [-0.25, -0.2) is 13.2 Å². The molecular weight excluding hydrogens is 403 g/mol. The number of benzene rings is 2. The molecule has 0 spiro atoms. The second-order valence-corrected chi connectivity index (χ2v) is 7.92. The van der Waals surface area contributed by atoms with Crippen LogP contribution in [0, 0.1) is 0 Å². The average molecular weight is 415 g/mol. The van der Waals surface area contributed by atoms with Gasteiger partial charge in [0.2, 0.25) is 5.91 Å². The van der Waals surface area contributed by atoms with Gasteiger partial charge >= 0.3 is 5.97 Å². The highest BCUT2D eigenvalue weighted by atomic mass is 35.5. The van der Waals surface area contributed by atoms with Gasteiger partial charge < -0.3 is 10.1 Å². The summed E-state index contributed by atoms with van der Waals surface area (Å²) in [4.78, 5) is 23.0. The number of anilines is 2. The normalized spacial score (nSPS) is 13.1. The third-order valence-electron chi connectivity index (χ3n) is 3.70. The summed E-state index contributed by atoms with van der Waals surface area (Å²) in [6.45, 7) is 0. The maximum atomic E-state index is 12.7. The molecule has 7 nitrogen and oxygen atoms in total. The number of carbonyl (C=O) groups excluding carboxylic acids is 2. The number of hydrogen-bond donors (Lipinski definition) is 2. The predicted molar refractivity (Wildman–Crippen MR) is 97.4 cm³/mol. The molecule has 2 aromatic carbocycles. The molecule has 2 N–H and O–H groups in total. The molecule has 0 aliphatic carbocycles. The van der Waals surface area contributed by atoms with Crippen molar-refractivity contribution in [3.63, 3.8) is 0 Å². The maximum Gasteiger partial charge on any atom is 0.339 e. The number of carbonyl (C=O) groups is 2. The van der Waals surface area contributed by atoms with Crippen molar-refractivity contribution in [3.05, 3.63) is 51.5 Å². The van der Waals surface area contributed by atoms with E-state index >= 15 is 0 Å². The number of hydrogen-bond acceptors (Lipinski definition) is 5. The number of rotatable bonds is 4. The van der Waals surface area contributed by atoms with Crippen molar-refractivity contribution in [2.75, 3.05) is 17.1 Å². The first kappa shape index (κ1) is 18.5. The van der Waals surface area contributed by atoms with Gasteiger partial charge in [0.1, 0.15) is 4.90 Å². The zero-order chi connectivity index (χ0) is 19.1. The van der Waals surface area contributed by atoms with E-state index in [0.29, 0.717) is 11.3 Å². The van der Waals surface area contributed by atoms with Gasteiger partial charge in [0, 0.05) is 11.4 Å². The molecular formula is C16H12Cl2N2O5S. The Balaban J connectivity index is 1.97. The molecule has 0 saturated heterocycles. The molecule has 0 radical (unpaired) electrons. The molecule has 1 aliphatic rings. The maximum absolute atomic E-state index is 12.7. The van der Waals surface area contributed by atoms with Gasteiger partial charge in [-0.05, 0) is 35.9 Å². The fraction of sp³-hybridized carbons (Fsp3) is 0.125. The topological polar surface area (TPSA) is 102 Å². The van der Waals surface area contributed by atoms with Gasteiger partial charge in [-0.15, -0.1) is 0 Å². The number of methoxy groups -OCH3 is 1. The lowest BCUT2D eigenvalue weighted by Gasteiger charge is -2.12. The van der Waals surface area contributed by atoms with Crippen LogP contribution >= 0.6 is 23.2 Å². The lowest BCUT2D eigenvalue weighted by molar-refractivity contribution is -0.115. The molecule has 0 unspecified atom stereocenters. The van der Waals surface area contributed by atoms with Crippen LogP contribution in [0.3, 0.4) is 0 Å². The first-order valence-corrected chi connectivity index (χ1v) is 9.48. The van der Waals surface area contributed by atoms with Crippen LogP contribution in [0.25, 0.3) is 0 Å². The summed E-state index contributed by atoms with van der Waals surface area (Å²) in [6.07, 6.45) is 0.0719. The molecule has 10 heteroatoms. The van der Waals surface area contributed by atoms with Crippen LogP contribution in [-0.2, 0) is 26.0 Å². The monoisotopic (exact) mass is 414 g/mol. The summed E-state index contributed by atoms with van der Waals surface area (Å²) in [5.74, 6) is -0.935. The van der Waals surface area contributed by atoms with E-state index < -0.39 is 16.0 Å². The molecule has 26 heavy (non-hydrogen) atoms. The minimum Gasteiger partial charge on any atom is -0.465 e. The molecule has 1 heterocycles. The van der Waals surface area contributed by atoms with E-state index in [0.717, 1.165) is 0 Å². The Hall–Kier alpha value is -2.29. The Kier molecular flexibility index (Phi) is 4.83. The number of amides is 1. The SMILES string of the molecule is COC(=O)c1cc(NS(=O)(=O)c2cc3c(cc2Cl)NC(=O)C3)ccc1Cl. The van der Waals surface area contributed by atoms with Crippen LogP contribution in [0.4, 0.5) is 11.4 Å². The van der Waals surface area contributed by atoms with Crippen LogP contribution in [0.15, 0.2) is 35.2 Å². The second-order valence-electron chi connectivity index (χ2n) is 5.46. The summed E-state index contributed by atoms with van der Waals surface area (Å²) in [5.41, 5.74) is 1.15. The van der Waals surface area contributed by atoms with Crippen molar-refractivity contribution >= 4 is 56.5 Å². The van der Waals surface area contributed by atoms with E-state index in [1.165, 1.54) is 37.4 Å². The number of nitrogens with one attached hydrogen (secondary N) is 2. The Labute approximate surface area is 159 Å². The molecule has 0 saturated carbocycles. The molecule has 0 atom stereocenters. The van der Waals surface area contributed by atoms with Crippen LogP contribution in [-0.4, -0.2) is 27.4 Å². The molecule has 0 bridgehead atoms. The minimum absolute atomic E-state index is 0.0178. The van der Waals surface area contributed by atoms with E-state index in [4.69, 9.17) is 23.2 Å². The highest BCUT2D eigenvalue weighted by Gasteiger charge is 2.25. The van der Waals surface area contributed by atoms with Crippen molar-refractivity contribution in [3.8, 4) is 0 Å².